The lowest BCUT2D eigenvalue weighted by atomic mass is 10.00. The van der Waals surface area contributed by atoms with Gasteiger partial charge < -0.3 is 10.2 Å². The Morgan fingerprint density at radius 3 is 3.06 bits per heavy atom. The van der Waals surface area contributed by atoms with Crippen LogP contribution in [0.5, 0.6) is 0 Å². The number of nitrogens with zero attached hydrogens (tertiary/aromatic N) is 2. The van der Waals surface area contributed by atoms with Crippen LogP contribution in [0.2, 0.25) is 0 Å². The Hall–Kier alpha value is -0.930. The summed E-state index contributed by atoms with van der Waals surface area (Å²) < 4.78 is 0. The summed E-state index contributed by atoms with van der Waals surface area (Å²) in [4.78, 5) is 6.90. The fourth-order valence-corrected chi connectivity index (χ4v) is 2.71. The van der Waals surface area contributed by atoms with Gasteiger partial charge in [0, 0.05) is 18.3 Å². The van der Waals surface area contributed by atoms with E-state index in [1.165, 1.54) is 32.2 Å². The third kappa shape index (κ3) is 3.79. The molecule has 1 saturated heterocycles. The van der Waals surface area contributed by atoms with Crippen LogP contribution in [-0.2, 0) is 0 Å². The first-order valence-corrected chi connectivity index (χ1v) is 7.12. The maximum Gasteiger partial charge on any atom is 0.0570 e. The largest absolute Gasteiger partial charge is 0.309 e. The summed E-state index contributed by atoms with van der Waals surface area (Å²) in [7, 11) is 2.26. The molecule has 1 aliphatic heterocycles. The SMILES string of the molecule is C[C@H](NCCC1CCCCN1C)c1ccccn1. The van der Waals surface area contributed by atoms with Crippen molar-refractivity contribution < 1.29 is 0 Å². The van der Waals surface area contributed by atoms with Crippen LogP contribution in [-0.4, -0.2) is 36.1 Å². The molecule has 0 saturated carbocycles. The number of pyridine rings is 1. The molecule has 2 heterocycles. The minimum atomic E-state index is 0.347. The lowest BCUT2D eigenvalue weighted by molar-refractivity contribution is 0.174. The van der Waals surface area contributed by atoms with Crippen LogP contribution < -0.4 is 5.32 Å². The average molecular weight is 247 g/mol. The van der Waals surface area contributed by atoms with E-state index < -0.39 is 0 Å². The van der Waals surface area contributed by atoms with Crippen molar-refractivity contribution in [1.29, 1.82) is 0 Å². The van der Waals surface area contributed by atoms with Crippen molar-refractivity contribution in [2.75, 3.05) is 20.1 Å². The zero-order valence-electron chi connectivity index (χ0n) is 11.6. The topological polar surface area (TPSA) is 28.2 Å². The van der Waals surface area contributed by atoms with Crippen LogP contribution in [0, 0.1) is 0 Å². The van der Waals surface area contributed by atoms with Gasteiger partial charge in [0.25, 0.3) is 0 Å². The molecule has 1 fully saturated rings. The van der Waals surface area contributed by atoms with Gasteiger partial charge in [-0.3, -0.25) is 4.98 Å². The molecule has 1 N–H and O–H groups in total. The highest BCUT2D eigenvalue weighted by Crippen LogP contribution is 2.17. The molecule has 100 valence electrons. The molecular weight excluding hydrogens is 222 g/mol. The van der Waals surface area contributed by atoms with Gasteiger partial charge in [-0.25, -0.2) is 0 Å². The van der Waals surface area contributed by atoms with E-state index in [-0.39, 0.29) is 0 Å². The number of rotatable bonds is 5. The average Bonchev–Trinajstić information content (AvgIpc) is 2.42. The highest BCUT2D eigenvalue weighted by molar-refractivity contribution is 5.07. The minimum Gasteiger partial charge on any atom is -0.309 e. The Labute approximate surface area is 111 Å². The van der Waals surface area contributed by atoms with Crippen molar-refractivity contribution in [3.63, 3.8) is 0 Å². The zero-order valence-corrected chi connectivity index (χ0v) is 11.6. The Bertz CT molecular complexity index is 339. The first kappa shape index (κ1) is 13.5. The van der Waals surface area contributed by atoms with E-state index in [1.54, 1.807) is 0 Å². The van der Waals surface area contributed by atoms with Crippen molar-refractivity contribution in [3.8, 4) is 0 Å². The third-order valence-electron chi connectivity index (χ3n) is 3.98. The van der Waals surface area contributed by atoms with E-state index in [4.69, 9.17) is 0 Å². The van der Waals surface area contributed by atoms with E-state index in [1.807, 2.05) is 12.3 Å². The van der Waals surface area contributed by atoms with Crippen LogP contribution >= 0.6 is 0 Å². The summed E-state index contributed by atoms with van der Waals surface area (Å²) in [5.41, 5.74) is 1.13. The van der Waals surface area contributed by atoms with Gasteiger partial charge in [-0.2, -0.15) is 0 Å². The van der Waals surface area contributed by atoms with Gasteiger partial charge in [0.15, 0.2) is 0 Å². The molecule has 2 atom stereocenters. The number of piperidine rings is 1. The molecule has 0 aliphatic carbocycles. The molecular formula is C15H25N3. The number of aromatic nitrogens is 1. The van der Waals surface area contributed by atoms with Crippen molar-refractivity contribution >= 4 is 0 Å². The Balaban J connectivity index is 1.71. The summed E-state index contributed by atoms with van der Waals surface area (Å²) in [5.74, 6) is 0. The Morgan fingerprint density at radius 1 is 1.44 bits per heavy atom. The van der Waals surface area contributed by atoms with Crippen molar-refractivity contribution in [2.24, 2.45) is 0 Å². The predicted octanol–water partition coefficient (Wildman–Crippen LogP) is 2.61. The van der Waals surface area contributed by atoms with Gasteiger partial charge in [0.1, 0.15) is 0 Å². The Kier molecular flexibility index (Phi) is 5.14. The number of nitrogens with one attached hydrogen (secondary N) is 1. The number of hydrogen-bond acceptors (Lipinski definition) is 3. The molecule has 1 aromatic heterocycles. The van der Waals surface area contributed by atoms with Crippen LogP contribution in [0.1, 0.15) is 44.3 Å². The normalized spacial score (nSPS) is 22.9. The van der Waals surface area contributed by atoms with Gasteiger partial charge >= 0.3 is 0 Å². The summed E-state index contributed by atoms with van der Waals surface area (Å²) in [6.07, 6.45) is 7.22. The first-order valence-electron chi connectivity index (χ1n) is 7.12. The van der Waals surface area contributed by atoms with Crippen molar-refractivity contribution in [3.05, 3.63) is 30.1 Å². The molecule has 3 nitrogen and oxygen atoms in total. The van der Waals surface area contributed by atoms with Gasteiger partial charge in [-0.05, 0) is 58.5 Å². The van der Waals surface area contributed by atoms with Crippen LogP contribution in [0.4, 0.5) is 0 Å². The van der Waals surface area contributed by atoms with E-state index in [2.05, 4.69) is 41.3 Å². The third-order valence-corrected chi connectivity index (χ3v) is 3.98. The summed E-state index contributed by atoms with van der Waals surface area (Å²) in [5, 5.41) is 3.58. The molecule has 0 radical (unpaired) electrons. The molecule has 2 rings (SSSR count). The fraction of sp³-hybridized carbons (Fsp3) is 0.667. The van der Waals surface area contributed by atoms with Crippen LogP contribution in [0.15, 0.2) is 24.4 Å². The standard InChI is InChI=1S/C15H25N3/c1-13(15-8-3-5-10-17-15)16-11-9-14-7-4-6-12-18(14)2/h3,5,8,10,13-14,16H,4,6-7,9,11-12H2,1-2H3/t13-,14?/m0/s1. The fourth-order valence-electron chi connectivity index (χ4n) is 2.71. The second-order valence-corrected chi connectivity index (χ2v) is 5.35. The number of likely N-dealkylation sites (tertiary alicyclic amines) is 1. The summed E-state index contributed by atoms with van der Waals surface area (Å²) in [6, 6.07) is 7.22. The van der Waals surface area contributed by atoms with E-state index >= 15 is 0 Å². The van der Waals surface area contributed by atoms with Gasteiger partial charge in [0.2, 0.25) is 0 Å². The van der Waals surface area contributed by atoms with Gasteiger partial charge in [-0.15, -0.1) is 0 Å². The smallest absolute Gasteiger partial charge is 0.0570 e. The van der Waals surface area contributed by atoms with Crippen molar-refractivity contribution in [1.82, 2.24) is 15.2 Å². The lowest BCUT2D eigenvalue weighted by Gasteiger charge is -2.32. The van der Waals surface area contributed by atoms with Gasteiger partial charge in [0.05, 0.1) is 5.69 Å². The highest BCUT2D eigenvalue weighted by atomic mass is 15.1. The van der Waals surface area contributed by atoms with E-state index in [0.717, 1.165) is 18.3 Å². The summed E-state index contributed by atoms with van der Waals surface area (Å²) >= 11 is 0. The quantitative estimate of drug-likeness (QED) is 0.867. The second-order valence-electron chi connectivity index (χ2n) is 5.35. The molecule has 1 unspecified atom stereocenters. The van der Waals surface area contributed by atoms with Gasteiger partial charge in [-0.1, -0.05) is 12.5 Å². The summed E-state index contributed by atoms with van der Waals surface area (Å²) in [6.45, 7) is 4.53. The minimum absolute atomic E-state index is 0.347. The molecule has 3 heteroatoms. The molecule has 1 aromatic rings. The highest BCUT2D eigenvalue weighted by Gasteiger charge is 2.18. The van der Waals surface area contributed by atoms with Crippen molar-refractivity contribution in [2.45, 2.75) is 44.7 Å². The molecule has 0 amide bonds. The monoisotopic (exact) mass is 247 g/mol. The Morgan fingerprint density at radius 2 is 2.33 bits per heavy atom. The number of hydrogen-bond donors (Lipinski definition) is 1. The maximum absolute atomic E-state index is 4.39. The lowest BCUT2D eigenvalue weighted by Crippen LogP contribution is -2.38. The van der Waals surface area contributed by atoms with E-state index in [9.17, 15) is 0 Å². The van der Waals surface area contributed by atoms with Crippen LogP contribution in [0.3, 0.4) is 0 Å². The molecule has 0 aromatic carbocycles. The van der Waals surface area contributed by atoms with E-state index in [0.29, 0.717) is 6.04 Å². The van der Waals surface area contributed by atoms with Crippen LogP contribution in [0.25, 0.3) is 0 Å². The predicted molar refractivity (Wildman–Crippen MR) is 75.5 cm³/mol. The molecule has 18 heavy (non-hydrogen) atoms. The maximum atomic E-state index is 4.39. The molecule has 1 aliphatic rings. The molecule has 0 bridgehead atoms. The second kappa shape index (κ2) is 6.86. The molecule has 0 spiro atoms. The first-order chi connectivity index (χ1) is 8.77. The zero-order chi connectivity index (χ0) is 12.8.